The first kappa shape index (κ1) is 15.7. The summed E-state index contributed by atoms with van der Waals surface area (Å²) >= 11 is 0. The molecule has 2 atom stereocenters. The third kappa shape index (κ3) is 4.39. The first-order valence-corrected chi connectivity index (χ1v) is 7.99. The Kier molecular flexibility index (Phi) is 5.02. The number of aromatic nitrogens is 2. The highest BCUT2D eigenvalue weighted by Crippen LogP contribution is 2.25. The van der Waals surface area contributed by atoms with Crippen LogP contribution in [0.5, 0.6) is 0 Å². The zero-order valence-corrected chi connectivity index (χ0v) is 13.2. The van der Waals surface area contributed by atoms with Crippen LogP contribution in [0.25, 0.3) is 11.5 Å². The fourth-order valence-electron chi connectivity index (χ4n) is 2.95. The second kappa shape index (κ2) is 7.37. The van der Waals surface area contributed by atoms with Gasteiger partial charge in [0.15, 0.2) is 0 Å². The number of hydrogen-bond donors (Lipinski definition) is 1. The van der Waals surface area contributed by atoms with Crippen LogP contribution in [0.15, 0.2) is 35.1 Å². The third-order valence-corrected chi connectivity index (χ3v) is 4.09. The van der Waals surface area contributed by atoms with Gasteiger partial charge >= 0.3 is 0 Å². The van der Waals surface area contributed by atoms with E-state index in [1.54, 1.807) is 6.07 Å². The number of carbonyl (C=O) groups excluding carboxylic acids is 1. The van der Waals surface area contributed by atoms with Crippen LogP contribution in [0.3, 0.4) is 0 Å². The summed E-state index contributed by atoms with van der Waals surface area (Å²) < 4.78 is 10.9. The summed E-state index contributed by atoms with van der Waals surface area (Å²) in [4.78, 5) is 12.0. The van der Waals surface area contributed by atoms with Gasteiger partial charge < -0.3 is 14.5 Å². The molecule has 6 heteroatoms. The van der Waals surface area contributed by atoms with E-state index >= 15 is 0 Å². The minimum Gasteiger partial charge on any atom is -0.423 e. The number of nitrogens with zero attached hydrogens (tertiary/aromatic N) is 2. The summed E-state index contributed by atoms with van der Waals surface area (Å²) in [6.07, 6.45) is 6.01. The van der Waals surface area contributed by atoms with E-state index in [4.69, 9.17) is 9.15 Å². The number of nitrogens with one attached hydrogen (secondary N) is 1. The van der Waals surface area contributed by atoms with Gasteiger partial charge in [0.1, 0.15) is 6.61 Å². The Morgan fingerprint density at radius 3 is 3.13 bits per heavy atom. The molecule has 1 fully saturated rings. The van der Waals surface area contributed by atoms with Crippen molar-refractivity contribution in [2.24, 2.45) is 5.92 Å². The van der Waals surface area contributed by atoms with Gasteiger partial charge in [0, 0.05) is 11.3 Å². The summed E-state index contributed by atoms with van der Waals surface area (Å²) in [5.41, 5.74) is 1.45. The molecular formula is C17H21N3O3. The molecule has 1 aromatic heterocycles. The molecule has 1 heterocycles. The van der Waals surface area contributed by atoms with Crippen LogP contribution in [-0.2, 0) is 9.53 Å². The van der Waals surface area contributed by atoms with Gasteiger partial charge in [0.2, 0.25) is 18.2 Å². The molecule has 1 aliphatic rings. The fourth-order valence-corrected chi connectivity index (χ4v) is 2.95. The molecule has 1 N–H and O–H groups in total. The monoisotopic (exact) mass is 315 g/mol. The molecule has 122 valence electrons. The van der Waals surface area contributed by atoms with Crippen molar-refractivity contribution in [3.8, 4) is 11.5 Å². The Balaban J connectivity index is 1.52. The molecule has 3 rings (SSSR count). The van der Waals surface area contributed by atoms with Crippen molar-refractivity contribution >= 4 is 11.6 Å². The Morgan fingerprint density at radius 1 is 1.43 bits per heavy atom. The molecule has 6 nitrogen and oxygen atoms in total. The van der Waals surface area contributed by atoms with Gasteiger partial charge in [0.25, 0.3) is 0 Å². The van der Waals surface area contributed by atoms with Crippen molar-refractivity contribution in [3.05, 3.63) is 30.7 Å². The van der Waals surface area contributed by atoms with Crippen LogP contribution in [0.2, 0.25) is 0 Å². The number of ether oxygens (including phenoxy) is 1. The van der Waals surface area contributed by atoms with Crippen molar-refractivity contribution in [2.45, 2.75) is 38.7 Å². The smallest absolute Gasteiger partial charge is 0.250 e. The Labute approximate surface area is 135 Å². The van der Waals surface area contributed by atoms with Crippen molar-refractivity contribution in [2.75, 3.05) is 11.9 Å². The van der Waals surface area contributed by atoms with E-state index in [1.807, 2.05) is 18.2 Å². The van der Waals surface area contributed by atoms with Crippen molar-refractivity contribution in [1.82, 2.24) is 10.2 Å². The van der Waals surface area contributed by atoms with Gasteiger partial charge in [-0.1, -0.05) is 25.8 Å². The van der Waals surface area contributed by atoms with Crippen LogP contribution in [-0.4, -0.2) is 28.8 Å². The highest BCUT2D eigenvalue weighted by Gasteiger charge is 2.20. The van der Waals surface area contributed by atoms with Crippen LogP contribution in [0, 0.1) is 5.92 Å². The van der Waals surface area contributed by atoms with E-state index in [0.29, 0.717) is 17.5 Å². The number of rotatable bonds is 5. The second-order valence-electron chi connectivity index (χ2n) is 6.08. The number of anilines is 1. The fraction of sp³-hybridized carbons (Fsp3) is 0.471. The van der Waals surface area contributed by atoms with E-state index in [2.05, 4.69) is 22.4 Å². The normalized spacial score (nSPS) is 21.1. The van der Waals surface area contributed by atoms with E-state index in [0.717, 1.165) is 18.4 Å². The molecule has 1 aliphatic carbocycles. The summed E-state index contributed by atoms with van der Waals surface area (Å²) in [6, 6.07) is 7.30. The largest absolute Gasteiger partial charge is 0.423 e. The Bertz CT molecular complexity index is 642. The van der Waals surface area contributed by atoms with Gasteiger partial charge in [-0.15, -0.1) is 10.2 Å². The zero-order valence-electron chi connectivity index (χ0n) is 13.2. The Morgan fingerprint density at radius 2 is 2.35 bits per heavy atom. The molecule has 1 amide bonds. The molecular weight excluding hydrogens is 294 g/mol. The molecule has 0 saturated heterocycles. The topological polar surface area (TPSA) is 77.2 Å². The summed E-state index contributed by atoms with van der Waals surface area (Å²) in [5, 5.41) is 10.4. The summed E-state index contributed by atoms with van der Waals surface area (Å²) in [6.45, 7) is 2.32. The van der Waals surface area contributed by atoms with E-state index in [-0.39, 0.29) is 18.6 Å². The van der Waals surface area contributed by atoms with Crippen LogP contribution in [0.4, 0.5) is 5.69 Å². The van der Waals surface area contributed by atoms with Crippen molar-refractivity contribution < 1.29 is 13.9 Å². The van der Waals surface area contributed by atoms with E-state index in [9.17, 15) is 4.79 Å². The average Bonchev–Trinajstić information content (AvgIpc) is 3.08. The van der Waals surface area contributed by atoms with E-state index < -0.39 is 0 Å². The molecule has 0 bridgehead atoms. The first-order valence-electron chi connectivity index (χ1n) is 7.99. The summed E-state index contributed by atoms with van der Waals surface area (Å²) in [5.74, 6) is 0.961. The highest BCUT2D eigenvalue weighted by atomic mass is 16.5. The summed E-state index contributed by atoms with van der Waals surface area (Å²) in [7, 11) is 0. The van der Waals surface area contributed by atoms with E-state index in [1.165, 1.54) is 19.2 Å². The van der Waals surface area contributed by atoms with Crippen LogP contribution >= 0.6 is 0 Å². The number of benzene rings is 1. The van der Waals surface area contributed by atoms with Crippen LogP contribution < -0.4 is 5.32 Å². The van der Waals surface area contributed by atoms with Gasteiger partial charge in [-0.25, -0.2) is 0 Å². The minimum atomic E-state index is -0.147. The quantitative estimate of drug-likeness (QED) is 0.916. The van der Waals surface area contributed by atoms with Gasteiger partial charge in [-0.3, -0.25) is 4.79 Å². The van der Waals surface area contributed by atoms with Gasteiger partial charge in [-0.05, 0) is 37.0 Å². The average molecular weight is 315 g/mol. The maximum Gasteiger partial charge on any atom is 0.250 e. The van der Waals surface area contributed by atoms with Crippen LogP contribution in [0.1, 0.15) is 32.6 Å². The Hall–Kier alpha value is -2.21. The zero-order chi connectivity index (χ0) is 16.1. The highest BCUT2D eigenvalue weighted by molar-refractivity contribution is 5.92. The second-order valence-corrected chi connectivity index (χ2v) is 6.08. The maximum absolute atomic E-state index is 12.0. The lowest BCUT2D eigenvalue weighted by Crippen LogP contribution is -2.26. The number of hydrogen-bond acceptors (Lipinski definition) is 5. The predicted octanol–water partition coefficient (Wildman–Crippen LogP) is 3.27. The molecule has 0 aliphatic heterocycles. The molecule has 23 heavy (non-hydrogen) atoms. The minimum absolute atomic E-state index is 0.0855. The molecule has 0 unspecified atom stereocenters. The SMILES string of the molecule is C[C@@H]1CCC[C@@H](OCC(=O)Nc2cccc(-c3nnco3)c2)C1. The predicted molar refractivity (Wildman–Crippen MR) is 85.7 cm³/mol. The van der Waals surface area contributed by atoms with Gasteiger partial charge in [-0.2, -0.15) is 0 Å². The van der Waals surface area contributed by atoms with Gasteiger partial charge in [0.05, 0.1) is 6.10 Å². The molecule has 0 spiro atoms. The first-order chi connectivity index (χ1) is 11.2. The third-order valence-electron chi connectivity index (χ3n) is 4.09. The number of amides is 1. The van der Waals surface area contributed by atoms with Crippen molar-refractivity contribution in [3.63, 3.8) is 0 Å². The lowest BCUT2D eigenvalue weighted by molar-refractivity contribution is -0.123. The standard InChI is InChI=1S/C17H21N3O3/c1-12-4-2-7-15(8-12)22-10-16(21)19-14-6-3-5-13(9-14)17-20-18-11-23-17/h3,5-6,9,11-12,15H,2,4,7-8,10H2,1H3,(H,19,21)/t12-,15-/m1/s1. The maximum atomic E-state index is 12.0. The molecule has 1 saturated carbocycles. The molecule has 0 radical (unpaired) electrons. The molecule has 1 aromatic carbocycles. The lowest BCUT2D eigenvalue weighted by Gasteiger charge is -2.26. The number of carbonyl (C=O) groups is 1. The lowest BCUT2D eigenvalue weighted by atomic mass is 9.89. The molecule has 2 aromatic rings. The van der Waals surface area contributed by atoms with Crippen molar-refractivity contribution in [1.29, 1.82) is 0 Å².